The maximum atomic E-state index is 12.3. The molecule has 1 aliphatic carbocycles. The monoisotopic (exact) mass is 331 g/mol. The summed E-state index contributed by atoms with van der Waals surface area (Å²) in [7, 11) is 0. The summed E-state index contributed by atoms with van der Waals surface area (Å²) in [6.45, 7) is 3.73. The first kappa shape index (κ1) is 18.1. The molecular weight excluding hydrogens is 309 g/mol. The van der Waals surface area contributed by atoms with Crippen LogP contribution in [0.3, 0.4) is 0 Å². The van der Waals surface area contributed by atoms with E-state index >= 15 is 0 Å². The van der Waals surface area contributed by atoms with Crippen LogP contribution < -0.4 is 5.73 Å². The van der Waals surface area contributed by atoms with Gasteiger partial charge in [0.2, 0.25) is 0 Å². The van der Waals surface area contributed by atoms with Crippen molar-refractivity contribution in [1.29, 1.82) is 0 Å². The topological polar surface area (TPSA) is 49.6 Å². The number of hydrogen-bond acceptors (Lipinski definition) is 3. The highest BCUT2D eigenvalue weighted by atomic mass is 35.5. The quantitative estimate of drug-likeness (QED) is 0.846. The number of hydrogen-bond donors (Lipinski definition) is 1. The van der Waals surface area contributed by atoms with Crippen molar-refractivity contribution >= 4 is 36.4 Å². The van der Waals surface area contributed by atoms with E-state index in [4.69, 9.17) is 5.73 Å². The molecule has 118 valence electrons. The summed E-state index contributed by atoms with van der Waals surface area (Å²) in [6, 6.07) is 8.00. The molecule has 2 fully saturated rings. The van der Waals surface area contributed by atoms with Gasteiger partial charge in [0.15, 0.2) is 0 Å². The number of nitrogen functional groups attached to an aromatic ring is 1. The van der Waals surface area contributed by atoms with Crippen LogP contribution in [-0.4, -0.2) is 47.9 Å². The summed E-state index contributed by atoms with van der Waals surface area (Å²) in [5.41, 5.74) is 7.09. The maximum absolute atomic E-state index is 12.3. The molecule has 0 aromatic heterocycles. The Labute approximate surface area is 138 Å². The van der Waals surface area contributed by atoms with Gasteiger partial charge in [-0.3, -0.25) is 9.69 Å². The highest BCUT2D eigenvalue weighted by Gasteiger charge is 2.29. The first-order valence-corrected chi connectivity index (χ1v) is 7.13. The SMILES string of the molecule is Cl.Cl.Nc1ccc(C(=O)N2CCN(C3CCC3)CC2)cc1. The van der Waals surface area contributed by atoms with Gasteiger partial charge in [0.05, 0.1) is 0 Å². The van der Waals surface area contributed by atoms with Gasteiger partial charge in [0.1, 0.15) is 0 Å². The van der Waals surface area contributed by atoms with Gasteiger partial charge in [0.25, 0.3) is 5.91 Å². The molecule has 1 aromatic rings. The summed E-state index contributed by atoms with van der Waals surface area (Å²) < 4.78 is 0. The molecule has 0 radical (unpaired) electrons. The van der Waals surface area contributed by atoms with Crippen LogP contribution in [-0.2, 0) is 0 Å². The minimum Gasteiger partial charge on any atom is -0.399 e. The molecule has 1 heterocycles. The fraction of sp³-hybridized carbons (Fsp3) is 0.533. The van der Waals surface area contributed by atoms with E-state index in [1.165, 1.54) is 19.3 Å². The van der Waals surface area contributed by atoms with Gasteiger partial charge in [-0.05, 0) is 37.1 Å². The van der Waals surface area contributed by atoms with Crippen molar-refractivity contribution in [2.45, 2.75) is 25.3 Å². The second-order valence-corrected chi connectivity index (χ2v) is 5.53. The Balaban J connectivity index is 0.00000110. The Hall–Kier alpha value is -0.970. The molecule has 21 heavy (non-hydrogen) atoms. The summed E-state index contributed by atoms with van der Waals surface area (Å²) in [5, 5.41) is 0. The largest absolute Gasteiger partial charge is 0.399 e. The van der Waals surface area contributed by atoms with E-state index in [0.717, 1.165) is 37.8 Å². The zero-order valence-electron chi connectivity index (χ0n) is 12.0. The zero-order chi connectivity index (χ0) is 13.2. The lowest BCUT2D eigenvalue weighted by Gasteiger charge is -2.42. The molecule has 0 bridgehead atoms. The summed E-state index contributed by atoms with van der Waals surface area (Å²) in [4.78, 5) is 16.8. The molecule has 1 saturated heterocycles. The van der Waals surface area contributed by atoms with Crippen LogP contribution >= 0.6 is 24.8 Å². The fourth-order valence-corrected chi connectivity index (χ4v) is 2.85. The molecule has 3 rings (SSSR count). The minimum atomic E-state index is 0. The number of carbonyl (C=O) groups excluding carboxylic acids is 1. The van der Waals surface area contributed by atoms with Gasteiger partial charge in [-0.25, -0.2) is 0 Å². The second-order valence-electron chi connectivity index (χ2n) is 5.53. The van der Waals surface area contributed by atoms with Crippen molar-refractivity contribution in [2.75, 3.05) is 31.9 Å². The highest BCUT2D eigenvalue weighted by Crippen LogP contribution is 2.25. The van der Waals surface area contributed by atoms with E-state index in [9.17, 15) is 4.79 Å². The predicted molar refractivity (Wildman–Crippen MR) is 90.5 cm³/mol. The van der Waals surface area contributed by atoms with E-state index in [0.29, 0.717) is 5.69 Å². The number of nitrogens with two attached hydrogens (primary N) is 1. The lowest BCUT2D eigenvalue weighted by molar-refractivity contribution is 0.0455. The Morgan fingerprint density at radius 2 is 1.57 bits per heavy atom. The Morgan fingerprint density at radius 3 is 2.05 bits per heavy atom. The first-order valence-electron chi connectivity index (χ1n) is 7.13. The van der Waals surface area contributed by atoms with Crippen LogP contribution in [0, 0.1) is 0 Å². The van der Waals surface area contributed by atoms with Gasteiger partial charge >= 0.3 is 0 Å². The van der Waals surface area contributed by atoms with Gasteiger partial charge in [0, 0.05) is 43.5 Å². The second kappa shape index (κ2) is 7.87. The molecule has 1 aromatic carbocycles. The third kappa shape index (κ3) is 4.02. The summed E-state index contributed by atoms with van der Waals surface area (Å²) in [5.74, 6) is 0.133. The van der Waals surface area contributed by atoms with E-state index in [2.05, 4.69) is 4.90 Å². The molecule has 2 N–H and O–H groups in total. The standard InChI is InChI=1S/C15H21N3O.2ClH/c16-13-6-4-12(5-7-13)15(19)18-10-8-17(9-11-18)14-2-1-3-14;;/h4-7,14H,1-3,8-11,16H2;2*1H. The van der Waals surface area contributed by atoms with Crippen molar-refractivity contribution in [3.8, 4) is 0 Å². The number of nitrogens with zero attached hydrogens (tertiary/aromatic N) is 2. The van der Waals surface area contributed by atoms with Crippen molar-refractivity contribution in [3.05, 3.63) is 29.8 Å². The number of anilines is 1. The van der Waals surface area contributed by atoms with Gasteiger partial charge in [-0.1, -0.05) is 6.42 Å². The number of rotatable bonds is 2. The smallest absolute Gasteiger partial charge is 0.253 e. The molecule has 6 heteroatoms. The van der Waals surface area contributed by atoms with Crippen LogP contribution in [0.4, 0.5) is 5.69 Å². The van der Waals surface area contributed by atoms with E-state index in [1.54, 1.807) is 12.1 Å². The summed E-state index contributed by atoms with van der Waals surface area (Å²) in [6.07, 6.45) is 4.05. The van der Waals surface area contributed by atoms with Gasteiger partial charge in [-0.2, -0.15) is 0 Å². The zero-order valence-corrected chi connectivity index (χ0v) is 13.7. The van der Waals surface area contributed by atoms with Crippen LogP contribution in [0.15, 0.2) is 24.3 Å². The number of amides is 1. The molecule has 2 aliphatic rings. The number of piperazine rings is 1. The Morgan fingerprint density at radius 1 is 1.00 bits per heavy atom. The summed E-state index contributed by atoms with van der Waals surface area (Å²) >= 11 is 0. The Bertz CT molecular complexity index is 454. The van der Waals surface area contributed by atoms with Crippen LogP contribution in [0.2, 0.25) is 0 Å². The third-order valence-electron chi connectivity index (χ3n) is 4.35. The van der Waals surface area contributed by atoms with E-state index in [-0.39, 0.29) is 30.7 Å². The average Bonchev–Trinajstić information content (AvgIpc) is 2.38. The lowest BCUT2D eigenvalue weighted by Crippen LogP contribution is -2.53. The minimum absolute atomic E-state index is 0. The van der Waals surface area contributed by atoms with Crippen molar-refractivity contribution < 1.29 is 4.79 Å². The first-order chi connectivity index (χ1) is 9.24. The number of carbonyl (C=O) groups is 1. The molecule has 0 unspecified atom stereocenters. The van der Waals surface area contributed by atoms with Gasteiger partial charge < -0.3 is 10.6 Å². The molecule has 1 amide bonds. The normalized spacial score (nSPS) is 19.1. The molecule has 0 atom stereocenters. The fourth-order valence-electron chi connectivity index (χ4n) is 2.85. The Kier molecular flexibility index (Phi) is 6.78. The molecule has 1 aliphatic heterocycles. The van der Waals surface area contributed by atoms with Gasteiger partial charge in [-0.15, -0.1) is 24.8 Å². The average molecular weight is 332 g/mol. The molecular formula is C15H23Cl2N3O. The highest BCUT2D eigenvalue weighted by molar-refractivity contribution is 5.94. The van der Waals surface area contributed by atoms with Crippen molar-refractivity contribution in [1.82, 2.24) is 9.80 Å². The van der Waals surface area contributed by atoms with E-state index < -0.39 is 0 Å². The van der Waals surface area contributed by atoms with Crippen LogP contribution in [0.5, 0.6) is 0 Å². The van der Waals surface area contributed by atoms with Crippen molar-refractivity contribution in [2.24, 2.45) is 0 Å². The number of halogens is 2. The molecule has 1 saturated carbocycles. The van der Waals surface area contributed by atoms with Crippen molar-refractivity contribution in [3.63, 3.8) is 0 Å². The third-order valence-corrected chi connectivity index (χ3v) is 4.35. The molecule has 4 nitrogen and oxygen atoms in total. The lowest BCUT2D eigenvalue weighted by atomic mass is 9.91. The predicted octanol–water partition coefficient (Wildman–Crippen LogP) is 2.42. The van der Waals surface area contributed by atoms with Crippen LogP contribution in [0.25, 0.3) is 0 Å². The number of benzene rings is 1. The maximum Gasteiger partial charge on any atom is 0.253 e. The van der Waals surface area contributed by atoms with E-state index in [1.807, 2.05) is 17.0 Å². The molecule has 0 spiro atoms. The van der Waals surface area contributed by atoms with Crippen LogP contribution in [0.1, 0.15) is 29.6 Å².